The summed E-state index contributed by atoms with van der Waals surface area (Å²) in [5.74, 6) is 0.502. The van der Waals surface area contributed by atoms with E-state index < -0.39 is 0 Å². The average molecular weight is 227 g/mol. The van der Waals surface area contributed by atoms with E-state index in [0.717, 1.165) is 11.1 Å². The molecule has 0 amide bonds. The molecule has 0 aromatic heterocycles. The summed E-state index contributed by atoms with van der Waals surface area (Å²) in [6.07, 6.45) is 6.22. The molecule has 17 heavy (non-hydrogen) atoms. The molecule has 0 radical (unpaired) electrons. The number of hydrogen-bond acceptors (Lipinski definition) is 1. The highest BCUT2D eigenvalue weighted by Gasteiger charge is 1.99. The second kappa shape index (κ2) is 6.74. The third-order valence-electron chi connectivity index (χ3n) is 2.60. The first-order valence-corrected chi connectivity index (χ1v) is 5.95. The minimum absolute atomic E-state index is 0.502. The largest absolute Gasteiger partial charge is 0.394 e. The Labute approximate surface area is 105 Å². The topological polar surface area (TPSA) is 12.0 Å². The smallest absolute Gasteiger partial charge is 0.00278 e. The summed E-state index contributed by atoms with van der Waals surface area (Å²) in [4.78, 5) is 0. The average Bonchev–Trinajstić information content (AvgIpc) is 2.34. The van der Waals surface area contributed by atoms with Crippen LogP contribution in [0.4, 0.5) is 0 Å². The summed E-state index contributed by atoms with van der Waals surface area (Å²) in [6.45, 7) is 8.44. The lowest BCUT2D eigenvalue weighted by Crippen LogP contribution is -1.99. The van der Waals surface area contributed by atoms with E-state index in [-0.39, 0.29) is 0 Å². The Kier molecular flexibility index (Phi) is 5.28. The standard InChI is InChI=1S/C16H21N/c1-13(2)16(12-17-4)11-10-14(3)15-8-6-5-7-9-15/h5-13,17H,3H2,1-2,4H3/b11-10-,16-12+. The highest BCUT2D eigenvalue weighted by molar-refractivity contribution is 5.72. The van der Waals surface area contributed by atoms with Crippen LogP contribution in [0, 0.1) is 5.92 Å². The van der Waals surface area contributed by atoms with Gasteiger partial charge in [-0.15, -0.1) is 0 Å². The minimum Gasteiger partial charge on any atom is -0.394 e. The zero-order chi connectivity index (χ0) is 12.7. The first-order chi connectivity index (χ1) is 8.15. The zero-order valence-electron chi connectivity index (χ0n) is 10.9. The maximum Gasteiger partial charge on any atom is 0.00278 e. The van der Waals surface area contributed by atoms with Gasteiger partial charge in [0.2, 0.25) is 0 Å². The molecular formula is C16H21N. The molecule has 0 aliphatic heterocycles. The van der Waals surface area contributed by atoms with Crippen LogP contribution in [0.15, 0.2) is 60.8 Å². The van der Waals surface area contributed by atoms with E-state index in [9.17, 15) is 0 Å². The van der Waals surface area contributed by atoms with Crippen LogP contribution in [0.3, 0.4) is 0 Å². The van der Waals surface area contributed by atoms with Crippen LogP contribution in [0.1, 0.15) is 19.4 Å². The zero-order valence-corrected chi connectivity index (χ0v) is 10.9. The van der Waals surface area contributed by atoms with Crippen molar-refractivity contribution in [1.29, 1.82) is 0 Å². The van der Waals surface area contributed by atoms with Gasteiger partial charge in [-0.1, -0.05) is 62.9 Å². The van der Waals surface area contributed by atoms with Crippen molar-refractivity contribution in [2.24, 2.45) is 5.92 Å². The van der Waals surface area contributed by atoms with Crippen molar-refractivity contribution in [1.82, 2.24) is 5.32 Å². The number of benzene rings is 1. The number of allylic oxidation sites excluding steroid dienone is 4. The molecular weight excluding hydrogens is 206 g/mol. The molecule has 1 aromatic carbocycles. The molecule has 90 valence electrons. The monoisotopic (exact) mass is 227 g/mol. The number of hydrogen-bond donors (Lipinski definition) is 1. The Bertz CT molecular complexity index is 410. The van der Waals surface area contributed by atoms with Gasteiger partial charge in [-0.3, -0.25) is 0 Å². The molecule has 0 aliphatic carbocycles. The lowest BCUT2D eigenvalue weighted by Gasteiger charge is -2.07. The van der Waals surface area contributed by atoms with Crippen LogP contribution in [-0.4, -0.2) is 7.05 Å². The first-order valence-electron chi connectivity index (χ1n) is 5.95. The van der Waals surface area contributed by atoms with E-state index >= 15 is 0 Å². The Morgan fingerprint density at radius 1 is 1.18 bits per heavy atom. The highest BCUT2D eigenvalue weighted by atomic mass is 14.8. The molecule has 1 nitrogen and oxygen atoms in total. The van der Waals surface area contributed by atoms with Crippen LogP contribution in [0.2, 0.25) is 0 Å². The number of nitrogens with one attached hydrogen (secondary N) is 1. The quantitative estimate of drug-likeness (QED) is 0.749. The molecule has 1 heteroatoms. The molecule has 0 aliphatic rings. The fourth-order valence-electron chi connectivity index (χ4n) is 1.52. The molecule has 1 N–H and O–H groups in total. The Balaban J connectivity index is 2.77. The molecule has 1 rings (SSSR count). The Morgan fingerprint density at radius 3 is 2.35 bits per heavy atom. The van der Waals surface area contributed by atoms with Crippen molar-refractivity contribution in [3.05, 3.63) is 66.4 Å². The second-order valence-electron chi connectivity index (χ2n) is 4.31. The van der Waals surface area contributed by atoms with Crippen LogP contribution in [0.25, 0.3) is 5.57 Å². The van der Waals surface area contributed by atoms with E-state index in [0.29, 0.717) is 5.92 Å². The molecule has 1 aromatic rings. The molecule has 0 heterocycles. The van der Waals surface area contributed by atoms with Crippen LogP contribution < -0.4 is 5.32 Å². The summed E-state index contributed by atoms with van der Waals surface area (Å²) in [6, 6.07) is 10.2. The second-order valence-corrected chi connectivity index (χ2v) is 4.31. The van der Waals surface area contributed by atoms with Crippen molar-refractivity contribution in [2.75, 3.05) is 7.05 Å². The molecule has 0 unspecified atom stereocenters. The third kappa shape index (κ3) is 4.31. The Morgan fingerprint density at radius 2 is 1.82 bits per heavy atom. The normalized spacial score (nSPS) is 12.1. The van der Waals surface area contributed by atoms with Gasteiger partial charge in [0, 0.05) is 7.05 Å². The maximum atomic E-state index is 4.08. The maximum absolute atomic E-state index is 4.08. The van der Waals surface area contributed by atoms with Crippen molar-refractivity contribution in [3.8, 4) is 0 Å². The molecule has 0 saturated carbocycles. The van der Waals surface area contributed by atoms with E-state index in [1.54, 1.807) is 0 Å². The fraction of sp³-hybridized carbons (Fsp3) is 0.250. The van der Waals surface area contributed by atoms with Gasteiger partial charge in [0.1, 0.15) is 0 Å². The number of rotatable bonds is 5. The van der Waals surface area contributed by atoms with Gasteiger partial charge >= 0.3 is 0 Å². The molecule has 0 atom stereocenters. The van der Waals surface area contributed by atoms with Gasteiger partial charge in [-0.25, -0.2) is 0 Å². The van der Waals surface area contributed by atoms with Gasteiger partial charge < -0.3 is 5.32 Å². The van der Waals surface area contributed by atoms with Gasteiger partial charge in [0.15, 0.2) is 0 Å². The van der Waals surface area contributed by atoms with Crippen LogP contribution >= 0.6 is 0 Å². The molecule has 0 fully saturated rings. The van der Waals surface area contributed by atoms with E-state index in [4.69, 9.17) is 0 Å². The van der Waals surface area contributed by atoms with Crippen LogP contribution in [-0.2, 0) is 0 Å². The summed E-state index contributed by atoms with van der Waals surface area (Å²) in [5.41, 5.74) is 3.47. The van der Waals surface area contributed by atoms with Gasteiger partial charge in [-0.05, 0) is 28.8 Å². The first kappa shape index (κ1) is 13.3. The Hall–Kier alpha value is -1.76. The molecule has 0 bridgehead atoms. The van der Waals surface area contributed by atoms with Gasteiger partial charge in [0.25, 0.3) is 0 Å². The highest BCUT2D eigenvalue weighted by Crippen LogP contribution is 2.16. The minimum atomic E-state index is 0.502. The molecule has 0 saturated heterocycles. The summed E-state index contributed by atoms with van der Waals surface area (Å²) in [7, 11) is 1.92. The lowest BCUT2D eigenvalue weighted by atomic mass is 10.0. The fourth-order valence-corrected chi connectivity index (χ4v) is 1.52. The summed E-state index contributed by atoms with van der Waals surface area (Å²) in [5, 5.41) is 3.07. The van der Waals surface area contributed by atoms with E-state index in [1.807, 2.05) is 31.4 Å². The third-order valence-corrected chi connectivity index (χ3v) is 2.60. The van der Waals surface area contributed by atoms with Gasteiger partial charge in [-0.2, -0.15) is 0 Å². The van der Waals surface area contributed by atoms with Crippen molar-refractivity contribution < 1.29 is 0 Å². The lowest BCUT2D eigenvalue weighted by molar-refractivity contribution is 0.780. The molecule has 0 spiro atoms. The van der Waals surface area contributed by atoms with Crippen molar-refractivity contribution in [2.45, 2.75) is 13.8 Å². The van der Waals surface area contributed by atoms with Crippen LogP contribution in [0.5, 0.6) is 0 Å². The van der Waals surface area contributed by atoms with Crippen molar-refractivity contribution in [3.63, 3.8) is 0 Å². The predicted molar refractivity (Wildman–Crippen MR) is 76.6 cm³/mol. The summed E-state index contributed by atoms with van der Waals surface area (Å²) < 4.78 is 0. The predicted octanol–water partition coefficient (Wildman–Crippen LogP) is 4.02. The van der Waals surface area contributed by atoms with Crippen molar-refractivity contribution >= 4 is 5.57 Å². The van der Waals surface area contributed by atoms with Gasteiger partial charge in [0.05, 0.1) is 0 Å². The van der Waals surface area contributed by atoms with E-state index in [2.05, 4.69) is 50.0 Å². The SMILES string of the molecule is C=C(/C=C\C(=C/NC)C(C)C)c1ccccc1. The summed E-state index contributed by atoms with van der Waals surface area (Å²) >= 11 is 0. The van der Waals surface area contributed by atoms with E-state index in [1.165, 1.54) is 5.57 Å².